The standard InChI is InChI=1S/C17H22N2O6/c1-21-13-8-11(9-14(22-2)16(13)23-3)12-10-15(25-18-12)17(20)19-4-6-24-7-5-19/h8-9,15H,4-7,10H2,1-3H3/t15-/m1/s1. The Morgan fingerprint density at radius 2 is 1.76 bits per heavy atom. The molecular weight excluding hydrogens is 328 g/mol. The molecule has 2 heterocycles. The summed E-state index contributed by atoms with van der Waals surface area (Å²) in [5.74, 6) is 1.51. The van der Waals surface area contributed by atoms with Crippen LogP contribution in [0.25, 0.3) is 0 Å². The van der Waals surface area contributed by atoms with Gasteiger partial charge in [0.15, 0.2) is 11.5 Å². The van der Waals surface area contributed by atoms with Crippen molar-refractivity contribution in [3.05, 3.63) is 17.7 Å². The number of carbonyl (C=O) groups is 1. The number of methoxy groups -OCH3 is 3. The van der Waals surface area contributed by atoms with E-state index in [4.69, 9.17) is 23.8 Å². The molecule has 8 nitrogen and oxygen atoms in total. The number of hydrogen-bond donors (Lipinski definition) is 0. The van der Waals surface area contributed by atoms with Crippen LogP contribution < -0.4 is 14.2 Å². The Morgan fingerprint density at radius 1 is 1.12 bits per heavy atom. The average Bonchev–Trinajstić information content (AvgIpc) is 3.17. The molecule has 0 unspecified atom stereocenters. The highest BCUT2D eigenvalue weighted by Crippen LogP contribution is 2.39. The molecular formula is C17H22N2O6. The first-order chi connectivity index (χ1) is 12.2. The van der Waals surface area contributed by atoms with Gasteiger partial charge in [-0.3, -0.25) is 4.79 Å². The SMILES string of the molecule is COc1cc(C2=NO[C@@H](C(=O)N3CCOCC3)C2)cc(OC)c1OC. The van der Waals surface area contributed by atoms with Crippen molar-refractivity contribution in [3.8, 4) is 17.2 Å². The van der Waals surface area contributed by atoms with Crippen LogP contribution in [0.1, 0.15) is 12.0 Å². The lowest BCUT2D eigenvalue weighted by molar-refractivity contribution is -0.146. The van der Waals surface area contributed by atoms with Crippen molar-refractivity contribution in [2.75, 3.05) is 47.6 Å². The molecule has 1 fully saturated rings. The lowest BCUT2D eigenvalue weighted by atomic mass is 10.0. The van der Waals surface area contributed by atoms with Crippen LogP contribution in [0.4, 0.5) is 0 Å². The maximum absolute atomic E-state index is 12.5. The number of hydrogen-bond acceptors (Lipinski definition) is 7. The molecule has 0 aromatic heterocycles. The predicted molar refractivity (Wildman–Crippen MR) is 89.5 cm³/mol. The molecule has 2 aliphatic rings. The van der Waals surface area contributed by atoms with Crippen LogP contribution in [-0.2, 0) is 14.4 Å². The first-order valence-corrected chi connectivity index (χ1v) is 8.07. The van der Waals surface area contributed by atoms with E-state index in [-0.39, 0.29) is 5.91 Å². The number of rotatable bonds is 5. The Balaban J connectivity index is 1.76. The molecule has 3 rings (SSSR count). The molecule has 0 N–H and O–H groups in total. The van der Waals surface area contributed by atoms with E-state index < -0.39 is 6.10 Å². The molecule has 0 radical (unpaired) electrons. The van der Waals surface area contributed by atoms with E-state index in [2.05, 4.69) is 5.16 Å². The molecule has 1 amide bonds. The first kappa shape index (κ1) is 17.3. The molecule has 25 heavy (non-hydrogen) atoms. The fourth-order valence-corrected chi connectivity index (χ4v) is 2.92. The number of morpholine rings is 1. The van der Waals surface area contributed by atoms with Gasteiger partial charge in [0, 0.05) is 25.1 Å². The zero-order valence-corrected chi connectivity index (χ0v) is 14.6. The van der Waals surface area contributed by atoms with Crippen molar-refractivity contribution in [1.29, 1.82) is 0 Å². The molecule has 0 spiro atoms. The van der Waals surface area contributed by atoms with Gasteiger partial charge in [-0.1, -0.05) is 5.16 Å². The van der Waals surface area contributed by atoms with Gasteiger partial charge in [-0.15, -0.1) is 0 Å². The number of amides is 1. The highest BCUT2D eigenvalue weighted by Gasteiger charge is 2.33. The van der Waals surface area contributed by atoms with E-state index in [1.165, 1.54) is 0 Å². The zero-order valence-electron chi connectivity index (χ0n) is 14.6. The fourth-order valence-electron chi connectivity index (χ4n) is 2.92. The Bertz CT molecular complexity index is 644. The summed E-state index contributed by atoms with van der Waals surface area (Å²) < 4.78 is 21.3. The van der Waals surface area contributed by atoms with Crippen LogP contribution in [0.5, 0.6) is 17.2 Å². The quantitative estimate of drug-likeness (QED) is 0.790. The predicted octanol–water partition coefficient (Wildman–Crippen LogP) is 1.06. The van der Waals surface area contributed by atoms with E-state index in [9.17, 15) is 4.79 Å². The Hall–Kier alpha value is -2.48. The van der Waals surface area contributed by atoms with Gasteiger partial charge in [0.05, 0.1) is 40.3 Å². The second-order valence-electron chi connectivity index (χ2n) is 5.69. The molecule has 1 aromatic carbocycles. The smallest absolute Gasteiger partial charge is 0.267 e. The molecule has 0 aliphatic carbocycles. The van der Waals surface area contributed by atoms with Crippen molar-refractivity contribution < 1.29 is 28.6 Å². The summed E-state index contributed by atoms with van der Waals surface area (Å²) in [6, 6.07) is 3.59. The highest BCUT2D eigenvalue weighted by molar-refractivity contribution is 6.04. The van der Waals surface area contributed by atoms with Crippen molar-refractivity contribution in [1.82, 2.24) is 4.90 Å². The molecule has 1 atom stereocenters. The second kappa shape index (κ2) is 7.60. The third-order valence-electron chi connectivity index (χ3n) is 4.27. The van der Waals surface area contributed by atoms with Crippen LogP contribution in [0.2, 0.25) is 0 Å². The lowest BCUT2D eigenvalue weighted by Crippen LogP contribution is -2.45. The fraction of sp³-hybridized carbons (Fsp3) is 0.529. The van der Waals surface area contributed by atoms with Gasteiger partial charge in [0.1, 0.15) is 0 Å². The maximum Gasteiger partial charge on any atom is 0.267 e. The number of nitrogens with zero attached hydrogens (tertiary/aromatic N) is 2. The van der Waals surface area contributed by atoms with Crippen LogP contribution in [-0.4, -0.2) is 70.3 Å². The van der Waals surface area contributed by atoms with Gasteiger partial charge in [-0.2, -0.15) is 0 Å². The summed E-state index contributed by atoms with van der Waals surface area (Å²) in [7, 11) is 4.66. The minimum absolute atomic E-state index is 0.0607. The van der Waals surface area contributed by atoms with Gasteiger partial charge in [0.2, 0.25) is 11.9 Å². The molecule has 0 saturated carbocycles. The summed E-state index contributed by atoms with van der Waals surface area (Å²) >= 11 is 0. The summed E-state index contributed by atoms with van der Waals surface area (Å²) in [4.78, 5) is 19.7. The van der Waals surface area contributed by atoms with Crippen LogP contribution in [0.15, 0.2) is 17.3 Å². The molecule has 136 valence electrons. The number of oxime groups is 1. The van der Waals surface area contributed by atoms with Crippen molar-refractivity contribution >= 4 is 11.6 Å². The van der Waals surface area contributed by atoms with E-state index in [1.807, 2.05) is 0 Å². The van der Waals surface area contributed by atoms with Gasteiger partial charge < -0.3 is 28.7 Å². The molecule has 2 aliphatic heterocycles. The summed E-state index contributed by atoms with van der Waals surface area (Å²) in [5, 5.41) is 4.10. The lowest BCUT2D eigenvalue weighted by Gasteiger charge is -2.28. The van der Waals surface area contributed by atoms with Crippen molar-refractivity contribution in [2.45, 2.75) is 12.5 Å². The molecule has 0 bridgehead atoms. The maximum atomic E-state index is 12.5. The Morgan fingerprint density at radius 3 is 2.32 bits per heavy atom. The first-order valence-electron chi connectivity index (χ1n) is 8.07. The van der Waals surface area contributed by atoms with E-state index >= 15 is 0 Å². The number of carbonyl (C=O) groups excluding carboxylic acids is 1. The van der Waals surface area contributed by atoms with Crippen LogP contribution in [0, 0.1) is 0 Å². The monoisotopic (exact) mass is 350 g/mol. The van der Waals surface area contributed by atoms with Gasteiger partial charge in [-0.25, -0.2) is 0 Å². The average molecular weight is 350 g/mol. The molecule has 1 aromatic rings. The van der Waals surface area contributed by atoms with Crippen molar-refractivity contribution in [2.24, 2.45) is 5.16 Å². The largest absolute Gasteiger partial charge is 0.493 e. The van der Waals surface area contributed by atoms with E-state index in [0.717, 1.165) is 5.56 Å². The van der Waals surface area contributed by atoms with E-state index in [0.29, 0.717) is 55.7 Å². The van der Waals surface area contributed by atoms with Gasteiger partial charge in [-0.05, 0) is 12.1 Å². The second-order valence-corrected chi connectivity index (χ2v) is 5.69. The van der Waals surface area contributed by atoms with E-state index in [1.54, 1.807) is 38.4 Å². The highest BCUT2D eigenvalue weighted by atomic mass is 16.6. The van der Waals surface area contributed by atoms with Crippen LogP contribution in [0.3, 0.4) is 0 Å². The summed E-state index contributed by atoms with van der Waals surface area (Å²) in [6.45, 7) is 2.27. The van der Waals surface area contributed by atoms with Gasteiger partial charge >= 0.3 is 0 Å². The number of ether oxygens (including phenoxy) is 4. The molecule has 1 saturated heterocycles. The molecule has 8 heteroatoms. The van der Waals surface area contributed by atoms with Gasteiger partial charge in [0.25, 0.3) is 5.91 Å². The third kappa shape index (κ3) is 3.48. The topological polar surface area (TPSA) is 78.8 Å². The number of benzene rings is 1. The van der Waals surface area contributed by atoms with Crippen LogP contribution >= 0.6 is 0 Å². The summed E-state index contributed by atoms with van der Waals surface area (Å²) in [6.07, 6.45) is -0.207. The third-order valence-corrected chi connectivity index (χ3v) is 4.27. The Labute approximate surface area is 146 Å². The normalized spacial score (nSPS) is 19.9. The zero-order chi connectivity index (χ0) is 17.8. The Kier molecular flexibility index (Phi) is 5.28. The minimum Gasteiger partial charge on any atom is -0.493 e. The van der Waals surface area contributed by atoms with Crippen molar-refractivity contribution in [3.63, 3.8) is 0 Å². The minimum atomic E-state index is -0.604. The summed E-state index contributed by atoms with van der Waals surface area (Å²) in [5.41, 5.74) is 1.44.